The van der Waals surface area contributed by atoms with Crippen molar-refractivity contribution in [2.75, 3.05) is 6.61 Å². The van der Waals surface area contributed by atoms with Gasteiger partial charge in [0.2, 0.25) is 0 Å². The van der Waals surface area contributed by atoms with Gasteiger partial charge in [0, 0.05) is 18.0 Å². The molecule has 9 heteroatoms. The van der Waals surface area contributed by atoms with Gasteiger partial charge >= 0.3 is 5.00 Å². The summed E-state index contributed by atoms with van der Waals surface area (Å²) in [5, 5.41) is 24.2. The van der Waals surface area contributed by atoms with Crippen LogP contribution in [-0.2, 0) is 6.54 Å². The molecule has 0 radical (unpaired) electrons. The fourth-order valence-corrected chi connectivity index (χ4v) is 2.59. The number of aliphatic hydroxyl groups is 1. The number of aliphatic hydroxyl groups excluding tert-OH is 1. The predicted molar refractivity (Wildman–Crippen MR) is 74.0 cm³/mol. The van der Waals surface area contributed by atoms with Crippen molar-refractivity contribution >= 4 is 16.3 Å². The van der Waals surface area contributed by atoms with E-state index in [0.29, 0.717) is 5.56 Å². The Morgan fingerprint density at radius 2 is 1.91 bits per heavy atom. The average Bonchev–Trinajstić information content (AvgIpc) is 2.94. The van der Waals surface area contributed by atoms with Crippen molar-refractivity contribution in [3.63, 3.8) is 0 Å². The summed E-state index contributed by atoms with van der Waals surface area (Å²) in [6, 6.07) is 2.12. The van der Waals surface area contributed by atoms with Gasteiger partial charge in [0.15, 0.2) is 17.5 Å². The minimum Gasteiger partial charge on any atom is -0.394 e. The van der Waals surface area contributed by atoms with Crippen LogP contribution in [0.5, 0.6) is 0 Å². The lowest BCUT2D eigenvalue weighted by Crippen LogP contribution is -2.24. The highest BCUT2D eigenvalue weighted by Gasteiger charge is 2.17. The molecule has 2 N–H and O–H groups in total. The monoisotopic (exact) mass is 332 g/mol. The van der Waals surface area contributed by atoms with E-state index in [1.807, 2.05) is 0 Å². The summed E-state index contributed by atoms with van der Waals surface area (Å²) in [5.41, 5.74) is 0.641. The molecule has 22 heavy (non-hydrogen) atoms. The molecule has 0 bridgehead atoms. The number of hydrogen-bond donors (Lipinski definition) is 2. The molecule has 0 aliphatic rings. The maximum absolute atomic E-state index is 13.2. The molecule has 1 aromatic heterocycles. The maximum Gasteiger partial charge on any atom is 0.324 e. The van der Waals surface area contributed by atoms with E-state index in [0.717, 1.165) is 23.5 Å². The second kappa shape index (κ2) is 6.86. The molecule has 0 saturated heterocycles. The second-order valence-electron chi connectivity index (χ2n) is 4.46. The lowest BCUT2D eigenvalue weighted by molar-refractivity contribution is -0.380. The minimum atomic E-state index is -1.58. The average molecular weight is 332 g/mol. The second-order valence-corrected chi connectivity index (χ2v) is 5.35. The van der Waals surface area contributed by atoms with Gasteiger partial charge in [0.05, 0.1) is 17.6 Å². The zero-order valence-corrected chi connectivity index (χ0v) is 11.9. The van der Waals surface area contributed by atoms with Gasteiger partial charge in [-0.15, -0.1) is 0 Å². The van der Waals surface area contributed by atoms with Crippen LogP contribution in [0, 0.1) is 27.6 Å². The normalized spacial score (nSPS) is 12.4. The van der Waals surface area contributed by atoms with Gasteiger partial charge in [-0.2, -0.15) is 0 Å². The molecule has 1 heterocycles. The third kappa shape index (κ3) is 3.62. The lowest BCUT2D eigenvalue weighted by Gasteiger charge is -2.16. The van der Waals surface area contributed by atoms with Crippen LogP contribution < -0.4 is 5.32 Å². The Kier molecular flexibility index (Phi) is 5.11. The van der Waals surface area contributed by atoms with E-state index >= 15 is 0 Å². The predicted octanol–water partition coefficient (Wildman–Crippen LogP) is 2.90. The summed E-state index contributed by atoms with van der Waals surface area (Å²) in [6.45, 7) is -0.326. The summed E-state index contributed by atoms with van der Waals surface area (Å²) in [7, 11) is 0. The summed E-state index contributed by atoms with van der Waals surface area (Å²) >= 11 is 0.948. The van der Waals surface area contributed by atoms with E-state index in [1.54, 1.807) is 5.38 Å². The van der Waals surface area contributed by atoms with E-state index in [1.165, 1.54) is 6.07 Å². The number of halogens is 3. The van der Waals surface area contributed by atoms with Crippen molar-refractivity contribution in [2.45, 2.75) is 12.6 Å². The molecular weight excluding hydrogens is 321 g/mol. The van der Waals surface area contributed by atoms with Crippen molar-refractivity contribution in [1.82, 2.24) is 5.32 Å². The molecule has 2 aromatic rings. The molecule has 0 spiro atoms. The van der Waals surface area contributed by atoms with Crippen LogP contribution in [0.25, 0.3) is 0 Å². The van der Waals surface area contributed by atoms with Gasteiger partial charge in [0.1, 0.15) is 0 Å². The first-order valence-corrected chi connectivity index (χ1v) is 7.00. The first-order chi connectivity index (χ1) is 10.4. The molecule has 5 nitrogen and oxygen atoms in total. The quantitative estimate of drug-likeness (QED) is 0.484. The van der Waals surface area contributed by atoms with Crippen LogP contribution in [0.2, 0.25) is 0 Å². The topological polar surface area (TPSA) is 75.4 Å². The summed E-state index contributed by atoms with van der Waals surface area (Å²) < 4.78 is 39.3. The third-order valence-electron chi connectivity index (χ3n) is 2.96. The number of hydrogen-bond acceptors (Lipinski definition) is 5. The molecular formula is C13H11F3N2O3S. The zero-order chi connectivity index (χ0) is 16.3. The Balaban J connectivity index is 2.10. The number of nitro groups is 1. The molecule has 0 fully saturated rings. The van der Waals surface area contributed by atoms with Gasteiger partial charge in [-0.1, -0.05) is 11.3 Å². The van der Waals surface area contributed by atoms with Crippen LogP contribution in [0.1, 0.15) is 17.2 Å². The Morgan fingerprint density at radius 1 is 1.27 bits per heavy atom. The summed E-state index contributed by atoms with van der Waals surface area (Å²) in [4.78, 5) is 10.0. The molecule has 1 unspecified atom stereocenters. The van der Waals surface area contributed by atoms with Crippen molar-refractivity contribution in [1.29, 1.82) is 0 Å². The number of thiophene rings is 1. The molecule has 0 amide bonds. The van der Waals surface area contributed by atoms with Crippen molar-refractivity contribution in [2.24, 2.45) is 0 Å². The number of nitrogens with one attached hydrogen (secondary N) is 1. The Bertz CT molecular complexity index is 670. The van der Waals surface area contributed by atoms with Gasteiger partial charge in [-0.05, 0) is 23.3 Å². The van der Waals surface area contributed by atoms with Crippen molar-refractivity contribution < 1.29 is 23.2 Å². The molecule has 1 aromatic carbocycles. The van der Waals surface area contributed by atoms with Gasteiger partial charge < -0.3 is 10.4 Å². The molecule has 0 aliphatic carbocycles. The highest BCUT2D eigenvalue weighted by molar-refractivity contribution is 7.13. The minimum absolute atomic E-state index is 0.0313. The standard InChI is InChI=1S/C13H11F3N2O3S/c14-9-2-8(3-10(15)13(9)16)11(5-19)17-4-7-1-12(18(20)21)22-6-7/h1-3,6,11,17,19H,4-5H2. The molecule has 0 aliphatic heterocycles. The van der Waals surface area contributed by atoms with Crippen LogP contribution in [0.15, 0.2) is 23.6 Å². The Morgan fingerprint density at radius 3 is 2.41 bits per heavy atom. The van der Waals surface area contributed by atoms with E-state index < -0.39 is 35.0 Å². The fraction of sp³-hybridized carbons (Fsp3) is 0.231. The number of benzene rings is 1. The summed E-state index contributed by atoms with van der Waals surface area (Å²) in [5.74, 6) is -4.27. The smallest absolute Gasteiger partial charge is 0.324 e. The van der Waals surface area contributed by atoms with E-state index in [-0.39, 0.29) is 17.1 Å². The van der Waals surface area contributed by atoms with Crippen molar-refractivity contribution in [3.8, 4) is 0 Å². The number of rotatable bonds is 6. The summed E-state index contributed by atoms with van der Waals surface area (Å²) in [6.07, 6.45) is 0. The molecule has 118 valence electrons. The Hall–Kier alpha value is -1.97. The molecule has 2 rings (SSSR count). The van der Waals surface area contributed by atoms with Gasteiger partial charge in [0.25, 0.3) is 0 Å². The van der Waals surface area contributed by atoms with Gasteiger partial charge in [-0.25, -0.2) is 13.2 Å². The van der Waals surface area contributed by atoms with Gasteiger partial charge in [-0.3, -0.25) is 10.1 Å². The highest BCUT2D eigenvalue weighted by atomic mass is 32.1. The van der Waals surface area contributed by atoms with Crippen LogP contribution in [0.3, 0.4) is 0 Å². The van der Waals surface area contributed by atoms with E-state index in [2.05, 4.69) is 5.32 Å². The first-order valence-electron chi connectivity index (χ1n) is 6.13. The zero-order valence-electron chi connectivity index (χ0n) is 11.1. The van der Waals surface area contributed by atoms with E-state index in [9.17, 15) is 28.4 Å². The van der Waals surface area contributed by atoms with E-state index in [4.69, 9.17) is 0 Å². The maximum atomic E-state index is 13.2. The SMILES string of the molecule is O=[N+]([O-])c1cc(CNC(CO)c2cc(F)c(F)c(F)c2)cs1. The van der Waals surface area contributed by atoms with Crippen molar-refractivity contribution in [3.05, 3.63) is 62.3 Å². The van der Waals surface area contributed by atoms with Crippen LogP contribution in [-0.4, -0.2) is 16.6 Å². The fourth-order valence-electron chi connectivity index (χ4n) is 1.86. The van der Waals surface area contributed by atoms with Crippen LogP contribution in [0.4, 0.5) is 18.2 Å². The Labute approximate surface area is 127 Å². The highest BCUT2D eigenvalue weighted by Crippen LogP contribution is 2.24. The lowest BCUT2D eigenvalue weighted by atomic mass is 10.1. The first kappa shape index (κ1) is 16.4. The third-order valence-corrected chi connectivity index (χ3v) is 3.89. The largest absolute Gasteiger partial charge is 0.394 e. The van der Waals surface area contributed by atoms with Crippen LogP contribution >= 0.6 is 11.3 Å². The molecule has 1 atom stereocenters. The number of nitrogens with zero attached hydrogens (tertiary/aromatic N) is 1. The molecule has 0 saturated carbocycles.